The molecule has 2 fully saturated rings. The smallest absolute Gasteiger partial charge is 0.279 e. The number of rotatable bonds is 4. The summed E-state index contributed by atoms with van der Waals surface area (Å²) in [6, 6.07) is 4.83. The molecule has 3 aromatic heterocycles. The topological polar surface area (TPSA) is 91.0 Å². The van der Waals surface area contributed by atoms with Crippen molar-refractivity contribution in [2.75, 3.05) is 18.0 Å². The molecular weight excluding hydrogens is 497 g/mol. The third-order valence-corrected chi connectivity index (χ3v) is 7.18. The van der Waals surface area contributed by atoms with Crippen molar-refractivity contribution in [3.05, 3.63) is 63.2 Å². The lowest BCUT2D eigenvalue weighted by Gasteiger charge is -2.42. The zero-order valence-electron chi connectivity index (χ0n) is 21.1. The molecule has 4 heterocycles. The van der Waals surface area contributed by atoms with Crippen LogP contribution in [0.3, 0.4) is 0 Å². The third kappa shape index (κ3) is 4.38. The van der Waals surface area contributed by atoms with Gasteiger partial charge in [-0.3, -0.25) is 14.0 Å². The number of nitrogens with zero attached hydrogens (tertiary/aromatic N) is 7. The number of hydrogen-bond donors (Lipinski definition) is 0. The Balaban J connectivity index is 1.49. The molecule has 1 atom stereocenters. The molecule has 9 nitrogen and oxygen atoms in total. The van der Waals surface area contributed by atoms with Gasteiger partial charge in [-0.2, -0.15) is 5.10 Å². The highest BCUT2D eigenvalue weighted by Crippen LogP contribution is 2.37. The molecule has 37 heavy (non-hydrogen) atoms. The van der Waals surface area contributed by atoms with Gasteiger partial charge in [0.25, 0.3) is 5.56 Å². The molecule has 11 heteroatoms. The summed E-state index contributed by atoms with van der Waals surface area (Å²) in [6.07, 6.45) is 5.90. The van der Waals surface area contributed by atoms with E-state index < -0.39 is 11.4 Å². The van der Waals surface area contributed by atoms with E-state index >= 15 is 4.39 Å². The van der Waals surface area contributed by atoms with Crippen LogP contribution in [0, 0.1) is 12.7 Å². The molecule has 2 aliphatic rings. The van der Waals surface area contributed by atoms with Crippen LogP contribution in [-0.2, 0) is 11.8 Å². The minimum atomic E-state index is -0.550. The zero-order valence-corrected chi connectivity index (χ0v) is 21.8. The molecule has 192 valence electrons. The predicted molar refractivity (Wildman–Crippen MR) is 138 cm³/mol. The Morgan fingerprint density at radius 1 is 1.16 bits per heavy atom. The summed E-state index contributed by atoms with van der Waals surface area (Å²) in [6.45, 7) is 6.65. The monoisotopic (exact) mass is 523 g/mol. The molecule has 0 unspecified atom stereocenters. The highest BCUT2D eigenvalue weighted by Gasteiger charge is 2.37. The number of anilines is 1. The second-order valence-electron chi connectivity index (χ2n) is 10.4. The number of benzene rings is 1. The average molecular weight is 524 g/mol. The standard InChI is InChI=1S/C26H27ClFN7O2/c1-14-30-22-21(18-8-5-16(27)9-19(18)28)31-25(32-23(22)24(36)33(14)4)34-12-20(37-26(2,3)13-34)15-10-29-35(11-15)17-6-7-17/h5,8-11,17,20H,6-7,12-13H2,1-4H3/t20-/m0/s1. The molecular formula is C26H27ClFN7O2. The van der Waals surface area contributed by atoms with Crippen LogP contribution < -0.4 is 10.5 Å². The Labute approximate surface area is 217 Å². The van der Waals surface area contributed by atoms with Crippen LogP contribution in [0.5, 0.6) is 0 Å². The van der Waals surface area contributed by atoms with E-state index in [2.05, 4.69) is 15.1 Å². The van der Waals surface area contributed by atoms with Crippen LogP contribution in [-0.4, -0.2) is 48.0 Å². The Bertz CT molecular complexity index is 1590. The van der Waals surface area contributed by atoms with Crippen molar-refractivity contribution in [3.63, 3.8) is 0 Å². The van der Waals surface area contributed by atoms with E-state index in [1.54, 1.807) is 26.1 Å². The van der Waals surface area contributed by atoms with Crippen molar-refractivity contribution in [3.8, 4) is 11.3 Å². The van der Waals surface area contributed by atoms with Gasteiger partial charge in [-0.15, -0.1) is 0 Å². The van der Waals surface area contributed by atoms with E-state index in [1.807, 2.05) is 35.8 Å². The lowest BCUT2D eigenvalue weighted by Crippen LogP contribution is -2.50. The highest BCUT2D eigenvalue weighted by molar-refractivity contribution is 6.30. The van der Waals surface area contributed by atoms with Gasteiger partial charge in [0, 0.05) is 35.9 Å². The van der Waals surface area contributed by atoms with Gasteiger partial charge in [0.15, 0.2) is 5.52 Å². The van der Waals surface area contributed by atoms with Gasteiger partial charge in [-0.05, 0) is 51.8 Å². The number of ether oxygens (including phenoxy) is 1. The number of aromatic nitrogens is 6. The number of morpholine rings is 1. The van der Waals surface area contributed by atoms with Crippen LogP contribution >= 0.6 is 11.6 Å². The predicted octanol–water partition coefficient (Wildman–Crippen LogP) is 4.38. The summed E-state index contributed by atoms with van der Waals surface area (Å²) >= 11 is 6.01. The normalized spacial score (nSPS) is 19.5. The fraction of sp³-hybridized carbons (Fsp3) is 0.423. The van der Waals surface area contributed by atoms with Crippen LogP contribution in [0.15, 0.2) is 35.4 Å². The lowest BCUT2D eigenvalue weighted by molar-refractivity contribution is -0.0859. The molecule has 0 N–H and O–H groups in total. The Morgan fingerprint density at radius 3 is 2.68 bits per heavy atom. The second kappa shape index (κ2) is 8.59. The number of hydrogen-bond acceptors (Lipinski definition) is 7. The molecule has 1 aromatic carbocycles. The summed E-state index contributed by atoms with van der Waals surface area (Å²) in [4.78, 5) is 29.2. The molecule has 1 saturated heterocycles. The van der Waals surface area contributed by atoms with Gasteiger partial charge in [0.2, 0.25) is 5.95 Å². The Morgan fingerprint density at radius 2 is 1.95 bits per heavy atom. The number of halogens is 2. The first kappa shape index (κ1) is 24.0. The van der Waals surface area contributed by atoms with E-state index in [0.717, 1.165) is 18.4 Å². The lowest BCUT2D eigenvalue weighted by atomic mass is 10.0. The van der Waals surface area contributed by atoms with Crippen LogP contribution in [0.25, 0.3) is 22.3 Å². The maximum atomic E-state index is 15.1. The van der Waals surface area contributed by atoms with Crippen LogP contribution in [0.2, 0.25) is 5.02 Å². The van der Waals surface area contributed by atoms with Crippen LogP contribution in [0.4, 0.5) is 10.3 Å². The summed E-state index contributed by atoms with van der Waals surface area (Å²) in [5.74, 6) is 0.242. The van der Waals surface area contributed by atoms with Gasteiger partial charge in [-0.25, -0.2) is 19.3 Å². The minimum absolute atomic E-state index is 0.129. The van der Waals surface area contributed by atoms with E-state index in [4.69, 9.17) is 21.3 Å². The maximum absolute atomic E-state index is 15.1. The first-order valence-corrected chi connectivity index (χ1v) is 12.6. The second-order valence-corrected chi connectivity index (χ2v) is 10.9. The maximum Gasteiger partial charge on any atom is 0.279 e. The van der Waals surface area contributed by atoms with E-state index in [1.165, 1.54) is 10.6 Å². The summed E-state index contributed by atoms with van der Waals surface area (Å²) in [5.41, 5.74) is 0.945. The molecule has 1 aliphatic carbocycles. The Hall–Kier alpha value is -3.37. The van der Waals surface area contributed by atoms with Gasteiger partial charge in [0.1, 0.15) is 29.0 Å². The number of aryl methyl sites for hydroxylation is 1. The number of fused-ring (bicyclic) bond motifs is 1. The molecule has 0 amide bonds. The summed E-state index contributed by atoms with van der Waals surface area (Å²) < 4.78 is 24.9. The first-order chi connectivity index (χ1) is 17.6. The van der Waals surface area contributed by atoms with Gasteiger partial charge in [0.05, 0.1) is 24.4 Å². The summed E-state index contributed by atoms with van der Waals surface area (Å²) in [7, 11) is 1.64. The van der Waals surface area contributed by atoms with Crippen LogP contribution in [0.1, 0.15) is 50.2 Å². The first-order valence-electron chi connectivity index (χ1n) is 12.3. The van der Waals surface area contributed by atoms with Gasteiger partial charge in [-0.1, -0.05) is 11.6 Å². The van der Waals surface area contributed by atoms with Crippen molar-refractivity contribution >= 4 is 28.6 Å². The molecule has 1 saturated carbocycles. The fourth-order valence-electron chi connectivity index (χ4n) is 4.82. The molecule has 4 aromatic rings. The Kier molecular flexibility index (Phi) is 5.57. The van der Waals surface area contributed by atoms with Gasteiger partial charge >= 0.3 is 0 Å². The van der Waals surface area contributed by atoms with E-state index in [0.29, 0.717) is 30.9 Å². The fourth-order valence-corrected chi connectivity index (χ4v) is 4.98. The van der Waals surface area contributed by atoms with Crippen molar-refractivity contribution in [1.82, 2.24) is 29.3 Å². The zero-order chi connectivity index (χ0) is 26.1. The van der Waals surface area contributed by atoms with Crippen molar-refractivity contribution < 1.29 is 9.13 Å². The molecule has 6 rings (SSSR count). The van der Waals surface area contributed by atoms with Crippen molar-refractivity contribution in [1.29, 1.82) is 0 Å². The average Bonchev–Trinajstić information content (AvgIpc) is 3.57. The van der Waals surface area contributed by atoms with Crippen molar-refractivity contribution in [2.45, 2.75) is 51.4 Å². The third-order valence-electron chi connectivity index (χ3n) is 6.94. The quantitative estimate of drug-likeness (QED) is 0.392. The van der Waals surface area contributed by atoms with Crippen molar-refractivity contribution in [2.24, 2.45) is 7.05 Å². The summed E-state index contributed by atoms with van der Waals surface area (Å²) in [5, 5.41) is 4.79. The molecule has 0 bridgehead atoms. The van der Waals surface area contributed by atoms with E-state index in [-0.39, 0.29) is 39.0 Å². The minimum Gasteiger partial charge on any atom is -0.364 e. The molecule has 0 spiro atoms. The molecule has 0 radical (unpaired) electrons. The largest absolute Gasteiger partial charge is 0.364 e. The SMILES string of the molecule is Cc1nc2c(-c3ccc(Cl)cc3F)nc(N3C[C@@H](c4cnn(C5CC5)c4)OC(C)(C)C3)nc2c(=O)n1C. The molecule has 1 aliphatic heterocycles. The highest BCUT2D eigenvalue weighted by atomic mass is 35.5. The van der Waals surface area contributed by atoms with Gasteiger partial charge < -0.3 is 9.64 Å². The van der Waals surface area contributed by atoms with E-state index in [9.17, 15) is 4.79 Å².